The normalized spacial score (nSPS) is 14.2. The zero-order valence-electron chi connectivity index (χ0n) is 41.7. The molecule has 1 saturated heterocycles. The van der Waals surface area contributed by atoms with Crippen molar-refractivity contribution in [2.45, 2.75) is 122 Å². The summed E-state index contributed by atoms with van der Waals surface area (Å²) in [5, 5.41) is 3.45. The number of nitrogens with one attached hydrogen (secondary N) is 2. The van der Waals surface area contributed by atoms with E-state index in [2.05, 4.69) is 95.3 Å². The molecular weight excluding hydrogens is 901 g/mol. The van der Waals surface area contributed by atoms with Gasteiger partial charge in [-0.1, -0.05) is 126 Å². The first-order chi connectivity index (χ1) is 33.7. The van der Waals surface area contributed by atoms with Crippen molar-refractivity contribution in [1.82, 2.24) is 19.8 Å². The quantitative estimate of drug-likeness (QED) is 0.0483. The Morgan fingerprint density at radius 3 is 2.23 bits per heavy atom. The van der Waals surface area contributed by atoms with Crippen molar-refractivity contribution in [1.29, 1.82) is 0 Å². The SMILES string of the molecule is CC(C)(C)[Si](C)(C)O[C@@H](CN(CCCCCCCCCN1CCC(OC(=O)Nc2c(F)cc(F)cc2-c2cccnc2)CC1)Cc1ccccc1)c1ccc(OCc2ccccc2)c2[nH]c(=O)ccc12. The van der Waals surface area contributed by atoms with E-state index in [-0.39, 0.29) is 34.1 Å². The second-order valence-electron chi connectivity index (χ2n) is 20.2. The maximum absolute atomic E-state index is 14.8. The summed E-state index contributed by atoms with van der Waals surface area (Å²) in [6.45, 7) is 17.0. The zero-order chi connectivity index (χ0) is 49.5. The number of aromatic amines is 1. The van der Waals surface area contributed by atoms with Crippen molar-refractivity contribution in [2.24, 2.45) is 0 Å². The highest BCUT2D eigenvalue weighted by Crippen LogP contribution is 2.42. The Kier molecular flexibility index (Phi) is 18.5. The number of likely N-dealkylation sites (tertiary alicyclic amines) is 1. The van der Waals surface area contributed by atoms with Crippen LogP contribution in [-0.2, 0) is 22.3 Å². The molecule has 1 aliphatic rings. The molecule has 70 heavy (non-hydrogen) atoms. The molecular formula is C57H71F2N5O5Si. The molecule has 1 atom stereocenters. The molecule has 13 heteroatoms. The lowest BCUT2D eigenvalue weighted by atomic mass is 10.0. The summed E-state index contributed by atoms with van der Waals surface area (Å²) in [4.78, 5) is 37.8. The molecule has 2 N–H and O–H groups in total. The zero-order valence-corrected chi connectivity index (χ0v) is 42.7. The Bertz CT molecular complexity index is 2640. The number of pyridine rings is 2. The lowest BCUT2D eigenvalue weighted by Crippen LogP contribution is -2.44. The fourth-order valence-corrected chi connectivity index (χ4v) is 10.2. The van der Waals surface area contributed by atoms with Gasteiger partial charge in [0, 0.05) is 67.2 Å². The highest BCUT2D eigenvalue weighted by atomic mass is 28.4. The Morgan fingerprint density at radius 1 is 0.857 bits per heavy atom. The number of amides is 1. The largest absolute Gasteiger partial charge is 0.487 e. The molecule has 0 spiro atoms. The summed E-state index contributed by atoms with van der Waals surface area (Å²) < 4.78 is 48.4. The highest BCUT2D eigenvalue weighted by Gasteiger charge is 2.40. The highest BCUT2D eigenvalue weighted by molar-refractivity contribution is 6.74. The van der Waals surface area contributed by atoms with E-state index in [0.29, 0.717) is 42.8 Å². The van der Waals surface area contributed by atoms with Gasteiger partial charge in [0.25, 0.3) is 0 Å². The van der Waals surface area contributed by atoms with E-state index in [1.165, 1.54) is 43.5 Å². The summed E-state index contributed by atoms with van der Waals surface area (Å²) in [6.07, 6.45) is 11.3. The van der Waals surface area contributed by atoms with E-state index in [1.54, 1.807) is 24.4 Å². The van der Waals surface area contributed by atoms with Gasteiger partial charge in [0.2, 0.25) is 5.56 Å². The molecule has 0 unspecified atom stereocenters. The molecule has 0 saturated carbocycles. The molecule has 6 aromatic rings. The fourth-order valence-electron chi connectivity index (χ4n) is 8.97. The van der Waals surface area contributed by atoms with Gasteiger partial charge in [-0.15, -0.1) is 0 Å². The van der Waals surface area contributed by atoms with Crippen molar-refractivity contribution in [3.8, 4) is 16.9 Å². The molecule has 0 bridgehead atoms. The molecule has 4 aromatic carbocycles. The molecule has 1 aliphatic heterocycles. The molecule has 7 rings (SSSR count). The number of unbranched alkanes of at least 4 members (excludes halogenated alkanes) is 6. The third-order valence-electron chi connectivity index (χ3n) is 13.9. The average molecular weight is 972 g/mol. The van der Waals surface area contributed by atoms with Crippen molar-refractivity contribution in [2.75, 3.05) is 38.0 Å². The molecule has 1 fully saturated rings. The van der Waals surface area contributed by atoms with Crippen molar-refractivity contribution in [3.63, 3.8) is 0 Å². The van der Waals surface area contributed by atoms with Crippen LogP contribution in [0.15, 0.2) is 126 Å². The molecule has 0 aliphatic carbocycles. The lowest BCUT2D eigenvalue weighted by Gasteiger charge is -2.41. The van der Waals surface area contributed by atoms with Gasteiger partial charge < -0.3 is 23.8 Å². The van der Waals surface area contributed by atoms with Gasteiger partial charge in [-0.3, -0.25) is 20.0 Å². The number of piperidine rings is 1. The van der Waals surface area contributed by atoms with Crippen LogP contribution in [0.4, 0.5) is 19.3 Å². The molecule has 2 aromatic heterocycles. The number of nitrogens with zero attached hydrogens (tertiary/aromatic N) is 3. The molecule has 10 nitrogen and oxygen atoms in total. The second-order valence-corrected chi connectivity index (χ2v) is 25.0. The minimum atomic E-state index is -2.26. The van der Waals surface area contributed by atoms with Crippen LogP contribution < -0.4 is 15.6 Å². The summed E-state index contributed by atoms with van der Waals surface area (Å²) in [7, 11) is -2.26. The number of H-pyrrole nitrogens is 1. The van der Waals surface area contributed by atoms with E-state index in [0.717, 1.165) is 74.6 Å². The molecule has 1 amide bonds. The number of anilines is 1. The number of carbonyl (C=O) groups is 1. The van der Waals surface area contributed by atoms with Crippen LogP contribution in [0.2, 0.25) is 18.1 Å². The van der Waals surface area contributed by atoms with Crippen molar-refractivity contribution >= 4 is 31.0 Å². The molecule has 372 valence electrons. The molecule has 3 heterocycles. The Labute approximate surface area is 413 Å². The van der Waals surface area contributed by atoms with Gasteiger partial charge in [0.05, 0.1) is 17.3 Å². The summed E-state index contributed by atoms with van der Waals surface area (Å²) in [6, 6.07) is 33.7. The standard InChI is InChI=1S/C57H71F2N5O5Si/c1-57(2,3)70(4,5)69-52(47-25-27-51(55-48(47)26-28-53(65)61-55)67-41-43-22-15-12-16-23-43)40-64(39-42-20-13-11-14-21-42)33-18-10-8-6-7-9-17-32-63-34-29-46(30-35-63)68-56(66)62-54-49(36-45(58)37-50(54)59)44-24-19-31-60-38-44/h11-16,19-28,31,36-38,46,52H,6-10,17-18,29-30,32-35,39-41H2,1-5H3,(H,61,65)(H,62,66)/t52-/m0/s1. The number of hydrogen-bond acceptors (Lipinski definition) is 8. The summed E-state index contributed by atoms with van der Waals surface area (Å²) >= 11 is 0. The van der Waals surface area contributed by atoms with E-state index in [4.69, 9.17) is 13.9 Å². The van der Waals surface area contributed by atoms with Crippen LogP contribution in [0.3, 0.4) is 0 Å². The number of ether oxygens (including phenoxy) is 2. The first-order valence-corrected chi connectivity index (χ1v) is 28.0. The third-order valence-corrected chi connectivity index (χ3v) is 18.4. The first-order valence-electron chi connectivity index (χ1n) is 25.1. The van der Waals surface area contributed by atoms with Crippen LogP contribution in [0.1, 0.15) is 101 Å². The Morgan fingerprint density at radius 2 is 1.54 bits per heavy atom. The van der Waals surface area contributed by atoms with Crippen molar-refractivity contribution in [3.05, 3.63) is 160 Å². The minimum absolute atomic E-state index is 0.00539. The predicted octanol–water partition coefficient (Wildman–Crippen LogP) is 13.5. The number of benzene rings is 4. The predicted molar refractivity (Wildman–Crippen MR) is 280 cm³/mol. The average Bonchev–Trinajstić information content (AvgIpc) is 3.34. The maximum atomic E-state index is 14.8. The van der Waals surface area contributed by atoms with E-state index < -0.39 is 26.0 Å². The summed E-state index contributed by atoms with van der Waals surface area (Å²) in [5.74, 6) is -0.971. The van der Waals surface area contributed by atoms with E-state index in [1.807, 2.05) is 42.5 Å². The van der Waals surface area contributed by atoms with Gasteiger partial charge in [0.1, 0.15) is 30.1 Å². The van der Waals surface area contributed by atoms with Gasteiger partial charge >= 0.3 is 6.09 Å². The van der Waals surface area contributed by atoms with Crippen LogP contribution in [0.5, 0.6) is 5.75 Å². The minimum Gasteiger partial charge on any atom is -0.487 e. The number of aromatic nitrogens is 2. The number of carbonyl (C=O) groups excluding carboxylic acids is 1. The van der Waals surface area contributed by atoms with Crippen LogP contribution in [0, 0.1) is 11.6 Å². The number of hydrogen-bond donors (Lipinski definition) is 2. The Balaban J connectivity index is 0.885. The smallest absolute Gasteiger partial charge is 0.412 e. The van der Waals surface area contributed by atoms with Crippen LogP contribution in [0.25, 0.3) is 22.0 Å². The third kappa shape index (κ3) is 14.9. The first kappa shape index (κ1) is 52.1. The maximum Gasteiger partial charge on any atom is 0.412 e. The summed E-state index contributed by atoms with van der Waals surface area (Å²) in [5.41, 5.74) is 4.46. The van der Waals surface area contributed by atoms with E-state index in [9.17, 15) is 18.4 Å². The number of fused-ring (bicyclic) bond motifs is 1. The van der Waals surface area contributed by atoms with E-state index >= 15 is 0 Å². The molecule has 0 radical (unpaired) electrons. The van der Waals surface area contributed by atoms with Crippen LogP contribution in [-0.4, -0.2) is 73.0 Å². The van der Waals surface area contributed by atoms with Crippen molar-refractivity contribution < 1.29 is 27.5 Å². The van der Waals surface area contributed by atoms with Gasteiger partial charge in [-0.25, -0.2) is 13.6 Å². The van der Waals surface area contributed by atoms with Gasteiger partial charge in [0.15, 0.2) is 8.32 Å². The fraction of sp³-hybridized carbons (Fsp3) is 0.421. The van der Waals surface area contributed by atoms with Gasteiger partial charge in [-0.05, 0) is 97.9 Å². The van der Waals surface area contributed by atoms with Gasteiger partial charge in [-0.2, -0.15) is 0 Å². The second kappa shape index (κ2) is 24.9. The number of halogens is 2. The van der Waals surface area contributed by atoms with Crippen LogP contribution >= 0.6 is 0 Å². The topological polar surface area (TPSA) is 109 Å². The lowest BCUT2D eigenvalue weighted by molar-refractivity contribution is 0.0584. The monoisotopic (exact) mass is 972 g/mol. The number of rotatable bonds is 23. The Hall–Kier alpha value is -5.73.